The number of benzene rings is 1. The third-order valence-electron chi connectivity index (χ3n) is 2.01. The lowest BCUT2D eigenvalue weighted by Crippen LogP contribution is -1.92. The fraction of sp³-hybridized carbons (Fsp3) is 0.200. The number of nitrogens with zero attached hydrogens (tertiary/aromatic N) is 3. The van der Waals surface area contributed by atoms with Gasteiger partial charge in [-0.15, -0.1) is 10.2 Å². The van der Waals surface area contributed by atoms with Gasteiger partial charge in [0.05, 0.1) is 0 Å². The van der Waals surface area contributed by atoms with Gasteiger partial charge in [0.25, 0.3) is 0 Å². The molecule has 0 aliphatic heterocycles. The smallest absolute Gasteiger partial charge is 0.163 e. The first kappa shape index (κ1) is 8.87. The lowest BCUT2D eigenvalue weighted by Gasteiger charge is -2.01. The molecule has 72 valence electrons. The number of halogens is 1. The van der Waals surface area contributed by atoms with Crippen LogP contribution in [0, 0.1) is 12.7 Å². The molecule has 0 aliphatic carbocycles. The van der Waals surface area contributed by atoms with Crippen LogP contribution in [-0.2, 0) is 7.05 Å². The van der Waals surface area contributed by atoms with E-state index in [0.29, 0.717) is 5.82 Å². The predicted molar refractivity (Wildman–Crippen MR) is 51.1 cm³/mol. The summed E-state index contributed by atoms with van der Waals surface area (Å²) in [5.74, 6) is 0.426. The van der Waals surface area contributed by atoms with Crippen molar-refractivity contribution in [1.82, 2.24) is 14.8 Å². The molecule has 3 nitrogen and oxygen atoms in total. The number of aromatic nitrogens is 3. The molecule has 0 atom stereocenters. The molecule has 0 spiro atoms. The van der Waals surface area contributed by atoms with Gasteiger partial charge < -0.3 is 4.57 Å². The molecule has 0 amide bonds. The van der Waals surface area contributed by atoms with Crippen LogP contribution in [0.15, 0.2) is 24.5 Å². The van der Waals surface area contributed by atoms with Crippen molar-refractivity contribution in [1.29, 1.82) is 0 Å². The Morgan fingerprint density at radius 3 is 2.64 bits per heavy atom. The van der Waals surface area contributed by atoms with Gasteiger partial charge in [0.15, 0.2) is 5.82 Å². The highest BCUT2D eigenvalue weighted by Gasteiger charge is 2.06. The van der Waals surface area contributed by atoms with E-state index in [1.165, 1.54) is 12.1 Å². The second-order valence-corrected chi connectivity index (χ2v) is 3.28. The highest BCUT2D eigenvalue weighted by molar-refractivity contribution is 5.56. The first-order valence-corrected chi connectivity index (χ1v) is 4.28. The molecule has 0 unspecified atom stereocenters. The summed E-state index contributed by atoms with van der Waals surface area (Å²) in [6.45, 7) is 1.85. The Bertz CT molecular complexity index is 442. The van der Waals surface area contributed by atoms with Crippen molar-refractivity contribution in [3.05, 3.63) is 35.9 Å². The minimum Gasteiger partial charge on any atom is -0.317 e. The molecule has 0 radical (unpaired) electrons. The van der Waals surface area contributed by atoms with Crippen molar-refractivity contribution < 1.29 is 4.39 Å². The van der Waals surface area contributed by atoms with Crippen LogP contribution in [0.1, 0.15) is 5.56 Å². The SMILES string of the molecule is Cc1cc(F)cc(-c2nncn2C)c1. The monoisotopic (exact) mass is 191 g/mol. The van der Waals surface area contributed by atoms with E-state index in [1.807, 2.05) is 20.0 Å². The van der Waals surface area contributed by atoms with Crippen molar-refractivity contribution in [3.8, 4) is 11.4 Å². The first-order valence-electron chi connectivity index (χ1n) is 4.28. The zero-order valence-corrected chi connectivity index (χ0v) is 8.03. The maximum atomic E-state index is 13.1. The molecule has 0 saturated carbocycles. The van der Waals surface area contributed by atoms with Crippen LogP contribution in [0.3, 0.4) is 0 Å². The summed E-state index contributed by atoms with van der Waals surface area (Å²) in [5.41, 5.74) is 1.63. The molecule has 1 heterocycles. The van der Waals surface area contributed by atoms with Crippen LogP contribution >= 0.6 is 0 Å². The van der Waals surface area contributed by atoms with Gasteiger partial charge in [-0.2, -0.15) is 0 Å². The molecule has 14 heavy (non-hydrogen) atoms. The summed E-state index contributed by atoms with van der Waals surface area (Å²) in [4.78, 5) is 0. The number of hydrogen-bond donors (Lipinski definition) is 0. The third kappa shape index (κ3) is 1.51. The van der Waals surface area contributed by atoms with E-state index in [2.05, 4.69) is 10.2 Å². The van der Waals surface area contributed by atoms with Crippen LogP contribution < -0.4 is 0 Å². The summed E-state index contributed by atoms with van der Waals surface area (Å²) in [6, 6.07) is 4.82. The standard InChI is InChI=1S/C10H10FN3/c1-7-3-8(5-9(11)4-7)10-13-12-6-14(10)2/h3-6H,1-2H3. The Kier molecular flexibility index (Phi) is 2.04. The highest BCUT2D eigenvalue weighted by atomic mass is 19.1. The van der Waals surface area contributed by atoms with Crippen LogP contribution in [0.25, 0.3) is 11.4 Å². The molecule has 0 bridgehead atoms. The molecule has 2 aromatic rings. The maximum Gasteiger partial charge on any atom is 0.163 e. The van der Waals surface area contributed by atoms with Crippen LogP contribution in [0.2, 0.25) is 0 Å². The summed E-state index contributed by atoms with van der Waals surface area (Å²) < 4.78 is 14.9. The molecule has 0 N–H and O–H groups in total. The Morgan fingerprint density at radius 2 is 2.07 bits per heavy atom. The van der Waals surface area contributed by atoms with Gasteiger partial charge >= 0.3 is 0 Å². The highest BCUT2D eigenvalue weighted by Crippen LogP contribution is 2.18. The third-order valence-corrected chi connectivity index (χ3v) is 2.01. The summed E-state index contributed by atoms with van der Waals surface area (Å²) in [5, 5.41) is 7.66. The zero-order valence-electron chi connectivity index (χ0n) is 8.03. The van der Waals surface area contributed by atoms with E-state index in [4.69, 9.17) is 0 Å². The van der Waals surface area contributed by atoms with E-state index in [-0.39, 0.29) is 5.82 Å². The van der Waals surface area contributed by atoms with E-state index >= 15 is 0 Å². The maximum absolute atomic E-state index is 13.1. The van der Waals surface area contributed by atoms with Crippen LogP contribution in [0.4, 0.5) is 4.39 Å². The second kappa shape index (κ2) is 3.21. The van der Waals surface area contributed by atoms with Gasteiger partial charge in [0.1, 0.15) is 12.1 Å². The number of rotatable bonds is 1. The minimum absolute atomic E-state index is 0.247. The molecule has 4 heteroatoms. The quantitative estimate of drug-likeness (QED) is 0.689. The fourth-order valence-electron chi connectivity index (χ4n) is 1.41. The summed E-state index contributed by atoms with van der Waals surface area (Å²) in [6.07, 6.45) is 1.59. The normalized spacial score (nSPS) is 10.5. The molecule has 1 aromatic carbocycles. The topological polar surface area (TPSA) is 30.7 Å². The van der Waals surface area contributed by atoms with E-state index in [9.17, 15) is 4.39 Å². The lowest BCUT2D eigenvalue weighted by molar-refractivity contribution is 0.627. The molecule has 1 aromatic heterocycles. The average Bonchev–Trinajstić information content (AvgIpc) is 2.49. The van der Waals surface area contributed by atoms with Gasteiger partial charge in [-0.05, 0) is 30.7 Å². The van der Waals surface area contributed by atoms with E-state index in [0.717, 1.165) is 11.1 Å². The molecule has 2 rings (SSSR count). The molecule has 0 saturated heterocycles. The van der Waals surface area contributed by atoms with Crippen molar-refractivity contribution in [2.75, 3.05) is 0 Å². The average molecular weight is 191 g/mol. The molecular weight excluding hydrogens is 181 g/mol. The van der Waals surface area contributed by atoms with Crippen molar-refractivity contribution in [2.45, 2.75) is 6.92 Å². The largest absolute Gasteiger partial charge is 0.317 e. The van der Waals surface area contributed by atoms with Gasteiger partial charge in [-0.1, -0.05) is 0 Å². The van der Waals surface area contributed by atoms with Crippen LogP contribution in [-0.4, -0.2) is 14.8 Å². The van der Waals surface area contributed by atoms with Crippen molar-refractivity contribution >= 4 is 0 Å². The van der Waals surface area contributed by atoms with Gasteiger partial charge in [0.2, 0.25) is 0 Å². The molecular formula is C10H10FN3. The zero-order chi connectivity index (χ0) is 10.1. The molecule has 0 aliphatic rings. The summed E-state index contributed by atoms with van der Waals surface area (Å²) >= 11 is 0. The van der Waals surface area contributed by atoms with E-state index in [1.54, 1.807) is 10.9 Å². The van der Waals surface area contributed by atoms with Crippen molar-refractivity contribution in [2.24, 2.45) is 7.05 Å². The number of aryl methyl sites for hydroxylation is 2. The number of hydrogen-bond acceptors (Lipinski definition) is 2. The van der Waals surface area contributed by atoms with Crippen molar-refractivity contribution in [3.63, 3.8) is 0 Å². The van der Waals surface area contributed by atoms with Crippen LogP contribution in [0.5, 0.6) is 0 Å². The van der Waals surface area contributed by atoms with Gasteiger partial charge in [-0.3, -0.25) is 0 Å². The van der Waals surface area contributed by atoms with Gasteiger partial charge in [-0.25, -0.2) is 4.39 Å². The Labute approximate surface area is 81.2 Å². The Hall–Kier alpha value is -1.71. The van der Waals surface area contributed by atoms with Gasteiger partial charge in [0, 0.05) is 12.6 Å². The van der Waals surface area contributed by atoms with E-state index < -0.39 is 0 Å². The second-order valence-electron chi connectivity index (χ2n) is 3.28. The summed E-state index contributed by atoms with van der Waals surface area (Å²) in [7, 11) is 1.83. The molecule has 0 fully saturated rings. The lowest BCUT2D eigenvalue weighted by atomic mass is 10.1. The predicted octanol–water partition coefficient (Wildman–Crippen LogP) is 1.93. The minimum atomic E-state index is -0.247. The Morgan fingerprint density at radius 1 is 1.29 bits per heavy atom. The fourth-order valence-corrected chi connectivity index (χ4v) is 1.41. The Balaban J connectivity index is 2.57. The first-order chi connectivity index (χ1) is 6.66.